The normalized spacial score (nSPS) is 13.1. The van der Waals surface area contributed by atoms with Gasteiger partial charge in [0.05, 0.1) is 11.4 Å². The van der Waals surface area contributed by atoms with E-state index >= 15 is 0 Å². The van der Waals surface area contributed by atoms with E-state index in [-0.39, 0.29) is 0 Å². The highest BCUT2D eigenvalue weighted by Gasteiger charge is 2.32. The van der Waals surface area contributed by atoms with Gasteiger partial charge in [-0.05, 0) is 73.2 Å². The molecule has 2 aliphatic carbocycles. The molecule has 6 rings (SSSR count). The Balaban J connectivity index is 1.56. The van der Waals surface area contributed by atoms with Gasteiger partial charge in [-0.25, -0.2) is 4.57 Å². The molecule has 2 aromatic heterocycles. The van der Waals surface area contributed by atoms with E-state index in [1.54, 1.807) is 0 Å². The molecule has 0 spiro atoms. The van der Waals surface area contributed by atoms with Gasteiger partial charge >= 0.3 is 0 Å². The highest BCUT2D eigenvalue weighted by Crippen LogP contribution is 2.45. The zero-order valence-corrected chi connectivity index (χ0v) is 18.9. The molecule has 2 heterocycles. The summed E-state index contributed by atoms with van der Waals surface area (Å²) in [5, 5.41) is 0. The lowest BCUT2D eigenvalue weighted by molar-refractivity contribution is -0.660. The van der Waals surface area contributed by atoms with Crippen LogP contribution < -0.4 is 4.57 Å². The number of pyridine rings is 2. The van der Waals surface area contributed by atoms with E-state index in [0.717, 1.165) is 12.8 Å². The van der Waals surface area contributed by atoms with Crippen molar-refractivity contribution in [2.75, 3.05) is 0 Å². The Morgan fingerprint density at radius 1 is 0.806 bits per heavy atom. The van der Waals surface area contributed by atoms with Crippen LogP contribution in [-0.2, 0) is 19.9 Å². The van der Waals surface area contributed by atoms with Gasteiger partial charge < -0.3 is 0 Å². The van der Waals surface area contributed by atoms with Crippen LogP contribution in [0.2, 0.25) is 0 Å². The first-order chi connectivity index (χ1) is 14.9. The minimum absolute atomic E-state index is 0.898. The third-order valence-corrected chi connectivity index (χ3v) is 7.29. The minimum atomic E-state index is 0.898. The second kappa shape index (κ2) is 6.37. The number of aromatic nitrogens is 2. The van der Waals surface area contributed by atoms with Crippen molar-refractivity contribution < 1.29 is 4.57 Å². The first-order valence-electron chi connectivity index (χ1n) is 11.1. The molecule has 0 saturated heterocycles. The van der Waals surface area contributed by atoms with Crippen LogP contribution in [0.1, 0.15) is 44.6 Å². The van der Waals surface area contributed by atoms with Crippen molar-refractivity contribution in [3.63, 3.8) is 0 Å². The highest BCUT2D eigenvalue weighted by molar-refractivity contribution is 5.86. The first-order valence-corrected chi connectivity index (χ1v) is 11.1. The van der Waals surface area contributed by atoms with Crippen molar-refractivity contribution in [3.8, 4) is 33.6 Å². The third-order valence-electron chi connectivity index (χ3n) is 7.29. The number of nitrogens with zero attached hydrogens (tertiary/aromatic N) is 2. The van der Waals surface area contributed by atoms with Crippen molar-refractivity contribution in [2.24, 2.45) is 7.05 Å². The molecule has 0 N–H and O–H groups in total. The van der Waals surface area contributed by atoms with E-state index in [1.165, 1.54) is 78.3 Å². The lowest BCUT2D eigenvalue weighted by atomic mass is 9.93. The summed E-state index contributed by atoms with van der Waals surface area (Å²) in [5.74, 6) is 0. The Labute approximate surface area is 184 Å². The maximum atomic E-state index is 5.26. The molecule has 2 nitrogen and oxygen atoms in total. The predicted octanol–water partition coefficient (Wildman–Crippen LogP) is 5.95. The van der Waals surface area contributed by atoms with Crippen molar-refractivity contribution >= 4 is 0 Å². The van der Waals surface area contributed by atoms with Crippen LogP contribution in [0, 0.1) is 27.7 Å². The van der Waals surface area contributed by atoms with Gasteiger partial charge in [0.2, 0.25) is 5.69 Å². The van der Waals surface area contributed by atoms with Crippen LogP contribution in [0.25, 0.3) is 33.6 Å². The van der Waals surface area contributed by atoms with Gasteiger partial charge in [0, 0.05) is 41.2 Å². The van der Waals surface area contributed by atoms with E-state index < -0.39 is 0 Å². The van der Waals surface area contributed by atoms with E-state index in [0.29, 0.717) is 0 Å². The topological polar surface area (TPSA) is 16.8 Å². The number of hydrogen-bond donors (Lipinski definition) is 0. The molecule has 31 heavy (non-hydrogen) atoms. The van der Waals surface area contributed by atoms with Gasteiger partial charge in [-0.3, -0.25) is 4.98 Å². The summed E-state index contributed by atoms with van der Waals surface area (Å²) in [5.41, 5.74) is 18.7. The Morgan fingerprint density at radius 3 is 2.48 bits per heavy atom. The van der Waals surface area contributed by atoms with E-state index in [9.17, 15) is 0 Å². The molecule has 2 aliphatic rings. The Bertz CT molecular complexity index is 1430. The summed E-state index contributed by atoms with van der Waals surface area (Å²) in [4.78, 5) is 5.26. The Morgan fingerprint density at radius 2 is 1.65 bits per heavy atom. The van der Waals surface area contributed by atoms with Crippen LogP contribution in [0.3, 0.4) is 0 Å². The van der Waals surface area contributed by atoms with E-state index in [4.69, 9.17) is 4.98 Å². The highest BCUT2D eigenvalue weighted by atomic mass is 14.9. The molecule has 152 valence electrons. The first kappa shape index (κ1) is 18.5. The molecule has 0 unspecified atom stereocenters. The minimum Gasteiger partial charge on any atom is -0.252 e. The van der Waals surface area contributed by atoms with Crippen LogP contribution in [0.4, 0.5) is 0 Å². The summed E-state index contributed by atoms with van der Waals surface area (Å²) < 4.78 is 2.29. The fourth-order valence-electron chi connectivity index (χ4n) is 5.67. The van der Waals surface area contributed by atoms with Crippen LogP contribution in [-0.4, -0.2) is 4.98 Å². The standard InChI is InChI=1S/C29H27N2/c1-16-11-18(3)19(4)23(12-16)29-25-15-26-24(22(25)9-10-31(29)5)14-21-13-20-8-6-7-17(2)27(20)28(21)30-26/h6-12,14H,13,15H2,1-5H3/q+1. The molecule has 4 aromatic rings. The van der Waals surface area contributed by atoms with Gasteiger partial charge in [0.1, 0.15) is 7.05 Å². The summed E-state index contributed by atoms with van der Waals surface area (Å²) in [6, 6.07) is 16.0. The number of aryl methyl sites for hydroxylation is 4. The largest absolute Gasteiger partial charge is 0.252 e. The maximum absolute atomic E-state index is 5.26. The van der Waals surface area contributed by atoms with Crippen molar-refractivity contribution in [2.45, 2.75) is 40.5 Å². The molecule has 0 fully saturated rings. The quantitative estimate of drug-likeness (QED) is 0.310. The van der Waals surface area contributed by atoms with Crippen molar-refractivity contribution in [1.29, 1.82) is 0 Å². The molecule has 2 aromatic carbocycles. The van der Waals surface area contributed by atoms with Gasteiger partial charge in [-0.1, -0.05) is 29.8 Å². The van der Waals surface area contributed by atoms with Gasteiger partial charge in [-0.2, -0.15) is 0 Å². The lowest BCUT2D eigenvalue weighted by Gasteiger charge is -2.12. The summed E-state index contributed by atoms with van der Waals surface area (Å²) >= 11 is 0. The maximum Gasteiger partial charge on any atom is 0.216 e. The lowest BCUT2D eigenvalue weighted by Crippen LogP contribution is -2.32. The Hall–Kier alpha value is -3.26. The zero-order chi connectivity index (χ0) is 21.4. The van der Waals surface area contributed by atoms with E-state index in [1.807, 2.05) is 0 Å². The zero-order valence-electron chi connectivity index (χ0n) is 18.9. The van der Waals surface area contributed by atoms with E-state index in [2.05, 4.69) is 88.0 Å². The molecule has 0 bridgehead atoms. The van der Waals surface area contributed by atoms with Crippen molar-refractivity contribution in [1.82, 2.24) is 4.98 Å². The van der Waals surface area contributed by atoms with Crippen LogP contribution >= 0.6 is 0 Å². The molecule has 0 amide bonds. The second-order valence-electron chi connectivity index (χ2n) is 9.37. The average molecular weight is 404 g/mol. The number of hydrogen-bond acceptors (Lipinski definition) is 1. The molecule has 0 radical (unpaired) electrons. The average Bonchev–Trinajstić information content (AvgIpc) is 3.27. The SMILES string of the molecule is Cc1cc(C)c(C)c(-c2c3c(cc[n+]2C)-c2cc4c(nc2C3)-c2c(C)cccc2C4)c1. The van der Waals surface area contributed by atoms with Gasteiger partial charge in [0.25, 0.3) is 0 Å². The van der Waals surface area contributed by atoms with Gasteiger partial charge in [0.15, 0.2) is 6.20 Å². The number of benzene rings is 2. The summed E-state index contributed by atoms with van der Waals surface area (Å²) in [6.07, 6.45) is 4.10. The number of rotatable bonds is 1. The third kappa shape index (κ3) is 2.57. The monoisotopic (exact) mass is 403 g/mol. The number of fused-ring (bicyclic) bond motifs is 6. The fraction of sp³-hybridized carbons (Fsp3) is 0.241. The summed E-state index contributed by atoms with van der Waals surface area (Å²) in [7, 11) is 2.17. The smallest absolute Gasteiger partial charge is 0.216 e. The second-order valence-corrected chi connectivity index (χ2v) is 9.37. The Kier molecular flexibility index (Phi) is 3.80. The van der Waals surface area contributed by atoms with Crippen LogP contribution in [0.5, 0.6) is 0 Å². The molecular weight excluding hydrogens is 376 g/mol. The molecule has 0 atom stereocenters. The van der Waals surface area contributed by atoms with Crippen LogP contribution in [0.15, 0.2) is 48.7 Å². The van der Waals surface area contributed by atoms with Crippen molar-refractivity contribution in [3.05, 3.63) is 93.3 Å². The molecule has 0 aliphatic heterocycles. The predicted molar refractivity (Wildman–Crippen MR) is 126 cm³/mol. The summed E-state index contributed by atoms with van der Waals surface area (Å²) in [6.45, 7) is 8.87. The van der Waals surface area contributed by atoms with Gasteiger partial charge in [-0.15, -0.1) is 0 Å². The fourth-order valence-corrected chi connectivity index (χ4v) is 5.67. The molecular formula is C29H27N2+. The molecule has 2 heteroatoms. The molecule has 0 saturated carbocycles.